The van der Waals surface area contributed by atoms with E-state index >= 15 is 0 Å². The van der Waals surface area contributed by atoms with Gasteiger partial charge >= 0.3 is 0 Å². The van der Waals surface area contributed by atoms with Gasteiger partial charge in [0.2, 0.25) is 0 Å². The van der Waals surface area contributed by atoms with E-state index in [1.807, 2.05) is 0 Å². The van der Waals surface area contributed by atoms with Crippen molar-refractivity contribution in [3.8, 4) is 11.5 Å². The summed E-state index contributed by atoms with van der Waals surface area (Å²) in [5, 5.41) is 3.31. The van der Waals surface area contributed by atoms with Crippen LogP contribution in [0.25, 0.3) is 6.08 Å². The number of carbonyl (C=O) groups is 2. The van der Waals surface area contributed by atoms with Crippen LogP contribution >= 0.6 is 35.6 Å². The fourth-order valence-corrected chi connectivity index (χ4v) is 3.77. The van der Waals surface area contributed by atoms with E-state index in [9.17, 15) is 9.59 Å². The zero-order chi connectivity index (χ0) is 21.0. The summed E-state index contributed by atoms with van der Waals surface area (Å²) >= 11 is 12.2. The van der Waals surface area contributed by atoms with E-state index in [1.54, 1.807) is 55.6 Å². The number of nitrogens with one attached hydrogen (secondary N) is 1. The van der Waals surface area contributed by atoms with Crippen LogP contribution < -0.4 is 14.8 Å². The molecule has 1 fully saturated rings. The summed E-state index contributed by atoms with van der Waals surface area (Å²) in [5.41, 5.74) is 1.38. The van der Waals surface area contributed by atoms with Crippen molar-refractivity contribution < 1.29 is 19.1 Å². The largest absolute Gasteiger partial charge is 0.493 e. The zero-order valence-corrected chi connectivity index (χ0v) is 18.0. The summed E-state index contributed by atoms with van der Waals surface area (Å²) in [5.74, 6) is 0.409. The molecule has 0 saturated carbocycles. The van der Waals surface area contributed by atoms with Crippen molar-refractivity contribution in [3.63, 3.8) is 0 Å². The first-order chi connectivity index (χ1) is 13.9. The third-order valence-electron chi connectivity index (χ3n) is 3.96. The fraction of sp³-hybridized carbons (Fsp3) is 0.150. The summed E-state index contributed by atoms with van der Waals surface area (Å²) < 4.78 is 11.4. The first-order valence-corrected chi connectivity index (χ1v) is 10.1. The normalized spacial score (nSPS) is 15.0. The molecule has 0 aromatic heterocycles. The van der Waals surface area contributed by atoms with E-state index < -0.39 is 0 Å². The van der Waals surface area contributed by atoms with Crippen molar-refractivity contribution in [2.24, 2.45) is 0 Å². The molecule has 9 heteroatoms. The second kappa shape index (κ2) is 9.30. The van der Waals surface area contributed by atoms with Crippen LogP contribution in [0.1, 0.15) is 5.56 Å². The maximum Gasteiger partial charge on any atom is 0.265 e. The summed E-state index contributed by atoms with van der Waals surface area (Å²) in [4.78, 5) is 26.2. The Kier molecular flexibility index (Phi) is 6.79. The number of anilines is 1. The van der Waals surface area contributed by atoms with Crippen LogP contribution in [0.2, 0.25) is 5.02 Å². The van der Waals surface area contributed by atoms with E-state index in [1.165, 1.54) is 23.8 Å². The number of hydrogen-bond acceptors (Lipinski definition) is 6. The van der Waals surface area contributed by atoms with Crippen molar-refractivity contribution in [1.82, 2.24) is 4.90 Å². The molecule has 1 aliphatic heterocycles. The number of halogens is 1. The maximum atomic E-state index is 12.1. The molecule has 3 rings (SSSR count). The average Bonchev–Trinajstić information content (AvgIpc) is 2.95. The van der Waals surface area contributed by atoms with Gasteiger partial charge in [0.15, 0.2) is 18.1 Å². The first kappa shape index (κ1) is 21.2. The molecule has 0 unspecified atom stereocenters. The molecule has 1 N–H and O–H groups in total. The number of thioether (sulfide) groups is 1. The van der Waals surface area contributed by atoms with Gasteiger partial charge in [0.05, 0.1) is 12.0 Å². The summed E-state index contributed by atoms with van der Waals surface area (Å²) in [6.45, 7) is -0.188. The molecular formula is C20H17ClN2O4S2. The minimum absolute atomic E-state index is 0.141. The second-order valence-corrected chi connectivity index (χ2v) is 8.11. The number of methoxy groups -OCH3 is 1. The van der Waals surface area contributed by atoms with Crippen molar-refractivity contribution in [2.75, 3.05) is 26.1 Å². The van der Waals surface area contributed by atoms with Crippen LogP contribution in [-0.4, -0.2) is 41.8 Å². The smallest absolute Gasteiger partial charge is 0.265 e. The Balaban J connectivity index is 1.66. The highest BCUT2D eigenvalue weighted by atomic mass is 35.5. The number of nitrogens with zero attached hydrogens (tertiary/aromatic N) is 1. The number of hydrogen-bond donors (Lipinski definition) is 1. The Morgan fingerprint density at radius 1 is 1.24 bits per heavy atom. The molecule has 0 radical (unpaired) electrons. The molecule has 0 bridgehead atoms. The van der Waals surface area contributed by atoms with E-state index in [0.29, 0.717) is 31.4 Å². The van der Waals surface area contributed by atoms with Crippen LogP contribution in [0.15, 0.2) is 47.4 Å². The number of ether oxygens (including phenoxy) is 2. The topological polar surface area (TPSA) is 67.9 Å². The fourth-order valence-electron chi connectivity index (χ4n) is 2.46. The molecule has 1 heterocycles. The molecular weight excluding hydrogens is 432 g/mol. The number of carbonyl (C=O) groups excluding carboxylic acids is 2. The Morgan fingerprint density at radius 2 is 1.97 bits per heavy atom. The van der Waals surface area contributed by atoms with Crippen LogP contribution in [0.5, 0.6) is 11.5 Å². The highest BCUT2D eigenvalue weighted by Gasteiger charge is 2.28. The number of rotatable bonds is 6. The van der Waals surface area contributed by atoms with Gasteiger partial charge in [0.25, 0.3) is 11.8 Å². The number of benzene rings is 2. The lowest BCUT2D eigenvalue weighted by Crippen LogP contribution is -2.22. The van der Waals surface area contributed by atoms with Crippen molar-refractivity contribution >= 4 is 63.5 Å². The van der Waals surface area contributed by atoms with Gasteiger partial charge in [-0.15, -0.1) is 0 Å². The van der Waals surface area contributed by atoms with E-state index in [4.69, 9.17) is 33.3 Å². The molecule has 6 nitrogen and oxygen atoms in total. The average molecular weight is 449 g/mol. The lowest BCUT2D eigenvalue weighted by Gasteiger charge is -2.12. The molecule has 2 aromatic rings. The van der Waals surface area contributed by atoms with Gasteiger partial charge in [-0.05, 0) is 48.0 Å². The quantitative estimate of drug-likeness (QED) is 0.527. The molecule has 2 aromatic carbocycles. The molecule has 0 aliphatic carbocycles. The van der Waals surface area contributed by atoms with Gasteiger partial charge in [0, 0.05) is 17.8 Å². The lowest BCUT2D eigenvalue weighted by molar-refractivity contribution is -0.121. The first-order valence-electron chi connectivity index (χ1n) is 8.45. The molecule has 1 saturated heterocycles. The Morgan fingerprint density at radius 3 is 2.59 bits per heavy atom. The minimum atomic E-state index is -0.315. The zero-order valence-electron chi connectivity index (χ0n) is 15.6. The SMILES string of the molecule is COc1cc(/C=C2\SC(=S)N(C)C2=O)ccc1OCC(=O)Nc1ccc(Cl)cc1. The van der Waals surface area contributed by atoms with E-state index in [0.717, 1.165) is 5.56 Å². The van der Waals surface area contributed by atoms with Gasteiger partial charge in [-0.3, -0.25) is 14.5 Å². The molecule has 1 aliphatic rings. The molecule has 0 spiro atoms. The number of likely N-dealkylation sites (N-methyl/N-ethyl adjacent to an activating group) is 1. The van der Waals surface area contributed by atoms with Gasteiger partial charge in [0.1, 0.15) is 4.32 Å². The maximum absolute atomic E-state index is 12.1. The highest BCUT2D eigenvalue weighted by molar-refractivity contribution is 8.26. The summed E-state index contributed by atoms with van der Waals surface area (Å²) in [6.07, 6.45) is 1.74. The predicted octanol–water partition coefficient (Wildman–Crippen LogP) is 4.20. The van der Waals surface area contributed by atoms with E-state index in [-0.39, 0.29) is 18.4 Å². The standard InChI is InChI=1S/C20H17ClN2O4S2/c1-23-19(25)17(29-20(23)28)10-12-3-8-15(16(9-12)26-2)27-11-18(24)22-14-6-4-13(21)5-7-14/h3-10H,11H2,1-2H3,(H,22,24)/b17-10-. The lowest BCUT2D eigenvalue weighted by atomic mass is 10.2. The molecule has 0 atom stereocenters. The van der Waals surface area contributed by atoms with Crippen molar-refractivity contribution in [2.45, 2.75) is 0 Å². The summed E-state index contributed by atoms with van der Waals surface area (Å²) in [7, 11) is 3.15. The van der Waals surface area contributed by atoms with Gasteiger partial charge in [-0.1, -0.05) is 41.6 Å². The van der Waals surface area contributed by atoms with Crippen molar-refractivity contribution in [3.05, 3.63) is 58.0 Å². The van der Waals surface area contributed by atoms with E-state index in [2.05, 4.69) is 5.32 Å². The predicted molar refractivity (Wildman–Crippen MR) is 120 cm³/mol. The molecule has 2 amide bonds. The third-order valence-corrected chi connectivity index (χ3v) is 5.70. The Bertz CT molecular complexity index is 992. The van der Waals surface area contributed by atoms with Gasteiger partial charge in [-0.25, -0.2) is 0 Å². The van der Waals surface area contributed by atoms with Crippen LogP contribution in [-0.2, 0) is 9.59 Å². The monoisotopic (exact) mass is 448 g/mol. The van der Waals surface area contributed by atoms with Crippen molar-refractivity contribution in [1.29, 1.82) is 0 Å². The summed E-state index contributed by atoms with van der Waals surface area (Å²) in [6, 6.07) is 12.0. The second-order valence-electron chi connectivity index (χ2n) is 5.99. The van der Waals surface area contributed by atoms with Crippen LogP contribution in [0.3, 0.4) is 0 Å². The molecule has 150 valence electrons. The Hall–Kier alpha value is -2.55. The highest BCUT2D eigenvalue weighted by Crippen LogP contribution is 2.34. The van der Waals surface area contributed by atoms with Gasteiger partial charge < -0.3 is 14.8 Å². The number of thiocarbonyl (C=S) groups is 1. The Labute approximate surface area is 182 Å². The van der Waals surface area contributed by atoms with Crippen LogP contribution in [0.4, 0.5) is 5.69 Å². The minimum Gasteiger partial charge on any atom is -0.493 e. The van der Waals surface area contributed by atoms with Crippen LogP contribution in [0, 0.1) is 0 Å². The third kappa shape index (κ3) is 5.29. The van der Waals surface area contributed by atoms with Gasteiger partial charge in [-0.2, -0.15) is 0 Å². The number of amides is 2. The molecule has 29 heavy (non-hydrogen) atoms.